The van der Waals surface area contributed by atoms with Crippen LogP contribution in [0.2, 0.25) is 0 Å². The Hall–Kier alpha value is -0.770. The van der Waals surface area contributed by atoms with Gasteiger partial charge in [0.05, 0.1) is 11.6 Å². The van der Waals surface area contributed by atoms with Crippen molar-refractivity contribution in [3.8, 4) is 0 Å². The maximum atomic E-state index is 11.8. The summed E-state index contributed by atoms with van der Waals surface area (Å²) in [6, 6.07) is 0. The van der Waals surface area contributed by atoms with Gasteiger partial charge in [0, 0.05) is 6.54 Å². The molecule has 0 atom stereocenters. The maximum absolute atomic E-state index is 11.8. The minimum absolute atomic E-state index is 0.0677. The topological polar surface area (TPSA) is 49.8 Å². The quantitative estimate of drug-likeness (QED) is 0.663. The molecule has 86 valence electrons. The number of amides is 1. The molecule has 1 N–H and O–H groups in total. The fraction of sp³-hybridized carbons (Fsp3) is 0.909. The van der Waals surface area contributed by atoms with E-state index >= 15 is 0 Å². The lowest BCUT2D eigenvalue weighted by atomic mass is 9.66. The van der Waals surface area contributed by atoms with E-state index in [1.165, 1.54) is 0 Å². The third-order valence-corrected chi connectivity index (χ3v) is 3.22. The zero-order chi connectivity index (χ0) is 11.3. The van der Waals surface area contributed by atoms with Crippen LogP contribution in [0.5, 0.6) is 0 Å². The van der Waals surface area contributed by atoms with Gasteiger partial charge in [0.1, 0.15) is 5.60 Å². The maximum Gasteiger partial charge on any atom is 0.410 e. The number of rotatable bonds is 0. The monoisotopic (exact) mass is 213 g/mol. The molecule has 4 heteroatoms. The number of aliphatic hydroxyl groups excluding tert-OH is 1. The molecular formula is C11H19NO3. The second kappa shape index (κ2) is 3.11. The molecule has 1 heterocycles. The van der Waals surface area contributed by atoms with Gasteiger partial charge in [0.15, 0.2) is 0 Å². The Kier molecular flexibility index (Phi) is 2.23. The summed E-state index contributed by atoms with van der Waals surface area (Å²) in [6.07, 6.45) is 1.97. The molecule has 15 heavy (non-hydrogen) atoms. The van der Waals surface area contributed by atoms with Gasteiger partial charge in [-0.15, -0.1) is 0 Å². The van der Waals surface area contributed by atoms with E-state index < -0.39 is 5.60 Å². The van der Waals surface area contributed by atoms with Crippen LogP contribution in [-0.4, -0.2) is 39.9 Å². The third kappa shape index (κ3) is 1.83. The summed E-state index contributed by atoms with van der Waals surface area (Å²) < 4.78 is 5.31. The third-order valence-electron chi connectivity index (χ3n) is 3.22. The molecular weight excluding hydrogens is 194 g/mol. The molecule has 0 bridgehead atoms. The molecule has 1 aliphatic heterocycles. The Bertz CT molecular complexity index is 276. The second-order valence-corrected chi connectivity index (χ2v) is 5.67. The number of hydrogen-bond donors (Lipinski definition) is 1. The normalized spacial score (nSPS) is 34.7. The summed E-state index contributed by atoms with van der Waals surface area (Å²) in [5, 5.41) is 9.30. The van der Waals surface area contributed by atoms with E-state index in [2.05, 4.69) is 0 Å². The van der Waals surface area contributed by atoms with Gasteiger partial charge in [-0.2, -0.15) is 0 Å². The number of carbonyl (C=O) groups excluding carboxylic acids is 1. The molecule has 1 saturated heterocycles. The summed E-state index contributed by atoms with van der Waals surface area (Å²) in [7, 11) is 0. The lowest BCUT2D eigenvalue weighted by Gasteiger charge is -2.59. The van der Waals surface area contributed by atoms with E-state index in [1.54, 1.807) is 4.90 Å². The molecule has 1 spiro atoms. The predicted molar refractivity (Wildman–Crippen MR) is 55.5 cm³/mol. The first kappa shape index (κ1) is 10.7. The smallest absolute Gasteiger partial charge is 0.410 e. The van der Waals surface area contributed by atoms with E-state index in [4.69, 9.17) is 4.74 Å². The second-order valence-electron chi connectivity index (χ2n) is 5.67. The van der Waals surface area contributed by atoms with Gasteiger partial charge in [-0.25, -0.2) is 4.79 Å². The van der Waals surface area contributed by atoms with Crippen molar-refractivity contribution in [2.45, 2.75) is 57.3 Å². The van der Waals surface area contributed by atoms with Gasteiger partial charge in [-0.3, -0.25) is 0 Å². The summed E-state index contributed by atoms with van der Waals surface area (Å²) in [5.74, 6) is 0. The minimum Gasteiger partial charge on any atom is -0.444 e. The van der Waals surface area contributed by atoms with Crippen LogP contribution in [0.25, 0.3) is 0 Å². The van der Waals surface area contributed by atoms with Gasteiger partial charge in [0.25, 0.3) is 0 Å². The highest BCUT2D eigenvalue weighted by molar-refractivity contribution is 5.70. The zero-order valence-corrected chi connectivity index (χ0v) is 9.62. The van der Waals surface area contributed by atoms with Gasteiger partial charge >= 0.3 is 6.09 Å². The van der Waals surface area contributed by atoms with Gasteiger partial charge in [0.2, 0.25) is 0 Å². The standard InChI is InChI=1S/C11H19NO3/c1-10(2,3)15-9(14)12-5-4-11(12)6-8(13)7-11/h8,13H,4-7H2,1-3H3. The molecule has 1 amide bonds. The van der Waals surface area contributed by atoms with E-state index in [9.17, 15) is 9.90 Å². The molecule has 1 saturated carbocycles. The van der Waals surface area contributed by atoms with Crippen molar-refractivity contribution < 1.29 is 14.6 Å². The van der Waals surface area contributed by atoms with E-state index in [0.717, 1.165) is 13.0 Å². The van der Waals surface area contributed by atoms with Gasteiger partial charge in [-0.05, 0) is 40.0 Å². The van der Waals surface area contributed by atoms with Crippen LogP contribution in [0.1, 0.15) is 40.0 Å². The highest BCUT2D eigenvalue weighted by atomic mass is 16.6. The summed E-state index contributed by atoms with van der Waals surface area (Å²) in [5.41, 5.74) is -0.502. The predicted octanol–water partition coefficient (Wildman–Crippen LogP) is 1.52. The van der Waals surface area contributed by atoms with Crippen molar-refractivity contribution in [2.24, 2.45) is 0 Å². The zero-order valence-electron chi connectivity index (χ0n) is 9.62. The number of carbonyl (C=O) groups is 1. The highest BCUT2D eigenvalue weighted by Crippen LogP contribution is 2.47. The van der Waals surface area contributed by atoms with Gasteiger partial charge < -0.3 is 14.7 Å². The number of hydrogen-bond acceptors (Lipinski definition) is 3. The van der Waals surface area contributed by atoms with Crippen molar-refractivity contribution in [3.05, 3.63) is 0 Å². The van der Waals surface area contributed by atoms with Crippen LogP contribution in [0.3, 0.4) is 0 Å². The highest BCUT2D eigenvalue weighted by Gasteiger charge is 2.56. The lowest BCUT2D eigenvalue weighted by Crippen LogP contribution is -2.69. The Labute approximate surface area is 90.2 Å². The molecule has 0 unspecified atom stereocenters. The number of aliphatic hydroxyl groups is 1. The molecule has 0 aromatic carbocycles. The molecule has 4 nitrogen and oxygen atoms in total. The van der Waals surface area contributed by atoms with Crippen molar-refractivity contribution in [2.75, 3.05) is 6.54 Å². The fourth-order valence-electron chi connectivity index (χ4n) is 2.38. The molecule has 1 aliphatic carbocycles. The van der Waals surface area contributed by atoms with E-state index in [-0.39, 0.29) is 17.7 Å². The lowest BCUT2D eigenvalue weighted by molar-refractivity contribution is -0.129. The number of nitrogens with zero attached hydrogens (tertiary/aromatic N) is 1. The van der Waals surface area contributed by atoms with Gasteiger partial charge in [-0.1, -0.05) is 0 Å². The van der Waals surface area contributed by atoms with Crippen molar-refractivity contribution >= 4 is 6.09 Å². The SMILES string of the molecule is CC(C)(C)OC(=O)N1CCC12CC(O)C2. The van der Waals surface area contributed by atoms with E-state index in [1.807, 2.05) is 20.8 Å². The van der Waals surface area contributed by atoms with Crippen molar-refractivity contribution in [3.63, 3.8) is 0 Å². The molecule has 0 radical (unpaired) electrons. The molecule has 0 aromatic rings. The van der Waals surface area contributed by atoms with E-state index in [0.29, 0.717) is 12.8 Å². The molecule has 2 fully saturated rings. The first-order valence-corrected chi connectivity index (χ1v) is 5.51. The number of likely N-dealkylation sites (tertiary alicyclic amines) is 1. The van der Waals surface area contributed by atoms with Crippen LogP contribution < -0.4 is 0 Å². The summed E-state index contributed by atoms with van der Waals surface area (Å²) in [4.78, 5) is 13.5. The first-order chi connectivity index (χ1) is 6.82. The van der Waals surface area contributed by atoms with Crippen molar-refractivity contribution in [1.82, 2.24) is 4.90 Å². The number of ether oxygens (including phenoxy) is 1. The van der Waals surface area contributed by atoms with Crippen molar-refractivity contribution in [1.29, 1.82) is 0 Å². The minimum atomic E-state index is -0.434. The van der Waals surface area contributed by atoms with Crippen LogP contribution in [-0.2, 0) is 4.74 Å². The Balaban J connectivity index is 1.92. The van der Waals surface area contributed by atoms with Crippen LogP contribution in [0.15, 0.2) is 0 Å². The molecule has 2 rings (SSSR count). The molecule has 0 aromatic heterocycles. The van der Waals surface area contributed by atoms with Crippen LogP contribution in [0.4, 0.5) is 4.79 Å². The summed E-state index contributed by atoms with van der Waals surface area (Å²) in [6.45, 7) is 6.37. The van der Waals surface area contributed by atoms with Crippen LogP contribution in [0, 0.1) is 0 Å². The average Bonchev–Trinajstić information content (AvgIpc) is 1.91. The summed E-state index contributed by atoms with van der Waals surface area (Å²) >= 11 is 0. The fourth-order valence-corrected chi connectivity index (χ4v) is 2.38. The Morgan fingerprint density at radius 1 is 1.47 bits per heavy atom. The average molecular weight is 213 g/mol. The largest absolute Gasteiger partial charge is 0.444 e. The Morgan fingerprint density at radius 3 is 2.40 bits per heavy atom. The van der Waals surface area contributed by atoms with Crippen LogP contribution >= 0.6 is 0 Å². The Morgan fingerprint density at radius 2 is 2.07 bits per heavy atom. The molecule has 2 aliphatic rings. The first-order valence-electron chi connectivity index (χ1n) is 5.51.